The van der Waals surface area contributed by atoms with Crippen molar-refractivity contribution in [2.75, 3.05) is 0 Å². The number of carbonyl (C=O) groups excluding carboxylic acids is 2. The molecule has 0 spiro atoms. The van der Waals surface area contributed by atoms with Crippen LogP contribution in [0.5, 0.6) is 0 Å². The van der Waals surface area contributed by atoms with E-state index in [9.17, 15) is 14.0 Å². The molecule has 0 saturated carbocycles. The molecule has 5 heteroatoms. The standard InChI is InChI=1S/C22H19FN2O2/c23-19-8-4-7-18(14-19)22(27)25-20(21(24)26)13-15-9-11-17(12-10-15)16-5-2-1-3-6-16/h1-12,14,20H,13H2,(H2,24,26)(H,25,27)/t20-/m0/s1. The Morgan fingerprint density at radius 1 is 0.889 bits per heavy atom. The highest BCUT2D eigenvalue weighted by Gasteiger charge is 2.19. The van der Waals surface area contributed by atoms with Crippen LogP contribution in [0.3, 0.4) is 0 Å². The number of halogens is 1. The first-order chi connectivity index (χ1) is 13.0. The summed E-state index contributed by atoms with van der Waals surface area (Å²) in [4.78, 5) is 24.0. The maximum Gasteiger partial charge on any atom is 0.252 e. The van der Waals surface area contributed by atoms with Gasteiger partial charge in [-0.3, -0.25) is 9.59 Å². The minimum absolute atomic E-state index is 0.140. The Balaban J connectivity index is 1.71. The second-order valence-corrected chi connectivity index (χ2v) is 6.21. The zero-order chi connectivity index (χ0) is 19.2. The van der Waals surface area contributed by atoms with Crippen molar-refractivity contribution < 1.29 is 14.0 Å². The normalized spacial score (nSPS) is 11.6. The third kappa shape index (κ3) is 4.79. The Morgan fingerprint density at radius 3 is 2.19 bits per heavy atom. The Morgan fingerprint density at radius 2 is 1.56 bits per heavy atom. The molecule has 2 amide bonds. The first kappa shape index (κ1) is 18.3. The smallest absolute Gasteiger partial charge is 0.252 e. The lowest BCUT2D eigenvalue weighted by atomic mass is 10.00. The highest BCUT2D eigenvalue weighted by molar-refractivity contribution is 5.97. The number of nitrogens with one attached hydrogen (secondary N) is 1. The summed E-state index contributed by atoms with van der Waals surface area (Å²) >= 11 is 0. The highest BCUT2D eigenvalue weighted by atomic mass is 19.1. The second kappa shape index (κ2) is 8.27. The number of benzene rings is 3. The molecule has 0 saturated heterocycles. The number of hydrogen-bond acceptors (Lipinski definition) is 2. The number of primary amides is 1. The van der Waals surface area contributed by atoms with Crippen molar-refractivity contribution in [1.82, 2.24) is 5.32 Å². The van der Waals surface area contributed by atoms with Gasteiger partial charge in [0.15, 0.2) is 0 Å². The Hall–Kier alpha value is -3.47. The van der Waals surface area contributed by atoms with Crippen molar-refractivity contribution >= 4 is 11.8 Å². The highest BCUT2D eigenvalue weighted by Crippen LogP contribution is 2.19. The summed E-state index contributed by atoms with van der Waals surface area (Å²) in [6.07, 6.45) is 0.255. The Labute approximate surface area is 156 Å². The van der Waals surface area contributed by atoms with Gasteiger partial charge in [0.2, 0.25) is 5.91 Å². The molecule has 3 rings (SSSR count). The van der Waals surface area contributed by atoms with Crippen molar-refractivity contribution in [3.63, 3.8) is 0 Å². The molecule has 0 aliphatic carbocycles. The van der Waals surface area contributed by atoms with E-state index in [0.29, 0.717) is 0 Å². The minimum Gasteiger partial charge on any atom is -0.368 e. The molecule has 3 aromatic rings. The quantitative estimate of drug-likeness (QED) is 0.706. The monoisotopic (exact) mass is 362 g/mol. The summed E-state index contributed by atoms with van der Waals surface area (Å²) in [7, 11) is 0. The third-order valence-corrected chi connectivity index (χ3v) is 4.24. The van der Waals surface area contributed by atoms with Gasteiger partial charge in [0, 0.05) is 12.0 Å². The van der Waals surface area contributed by atoms with Gasteiger partial charge in [0.25, 0.3) is 5.91 Å². The molecular formula is C22H19FN2O2. The van der Waals surface area contributed by atoms with E-state index in [-0.39, 0.29) is 12.0 Å². The van der Waals surface area contributed by atoms with Crippen LogP contribution in [0, 0.1) is 5.82 Å². The molecule has 0 heterocycles. The lowest BCUT2D eigenvalue weighted by molar-refractivity contribution is -0.119. The third-order valence-electron chi connectivity index (χ3n) is 4.24. The average Bonchev–Trinajstić information content (AvgIpc) is 2.68. The SMILES string of the molecule is NC(=O)[C@H](Cc1ccc(-c2ccccc2)cc1)NC(=O)c1cccc(F)c1. The minimum atomic E-state index is -0.886. The number of hydrogen-bond donors (Lipinski definition) is 2. The molecule has 136 valence electrons. The molecule has 0 radical (unpaired) electrons. The molecule has 4 nitrogen and oxygen atoms in total. The second-order valence-electron chi connectivity index (χ2n) is 6.21. The van der Waals surface area contributed by atoms with E-state index in [4.69, 9.17) is 5.73 Å². The van der Waals surface area contributed by atoms with E-state index in [2.05, 4.69) is 5.32 Å². The van der Waals surface area contributed by atoms with Crippen LogP contribution in [0.4, 0.5) is 4.39 Å². The molecular weight excluding hydrogens is 343 g/mol. The maximum atomic E-state index is 13.3. The van der Waals surface area contributed by atoms with Crippen LogP contribution in [0.15, 0.2) is 78.9 Å². The fraction of sp³-hybridized carbons (Fsp3) is 0.0909. The van der Waals surface area contributed by atoms with Gasteiger partial charge in [-0.15, -0.1) is 0 Å². The molecule has 0 aliphatic rings. The van der Waals surface area contributed by atoms with Gasteiger partial charge >= 0.3 is 0 Å². The van der Waals surface area contributed by atoms with Crippen LogP contribution in [0.25, 0.3) is 11.1 Å². The van der Waals surface area contributed by atoms with Gasteiger partial charge in [-0.05, 0) is 34.9 Å². The predicted octanol–water partition coefficient (Wildman–Crippen LogP) is 3.32. The van der Waals surface area contributed by atoms with Crippen LogP contribution in [0.2, 0.25) is 0 Å². The molecule has 1 atom stereocenters. The van der Waals surface area contributed by atoms with Crippen LogP contribution < -0.4 is 11.1 Å². The summed E-state index contributed by atoms with van der Waals surface area (Å²) in [5, 5.41) is 2.57. The summed E-state index contributed by atoms with van der Waals surface area (Å²) in [5.41, 5.74) is 8.58. The van der Waals surface area contributed by atoms with Gasteiger partial charge in [-0.25, -0.2) is 4.39 Å². The van der Waals surface area contributed by atoms with Gasteiger partial charge < -0.3 is 11.1 Å². The Kier molecular flexibility index (Phi) is 5.61. The van der Waals surface area contributed by atoms with Gasteiger partial charge in [-0.2, -0.15) is 0 Å². The maximum absolute atomic E-state index is 13.3. The first-order valence-electron chi connectivity index (χ1n) is 8.53. The molecule has 0 bridgehead atoms. The zero-order valence-electron chi connectivity index (χ0n) is 14.6. The van der Waals surface area contributed by atoms with Crippen LogP contribution in [-0.2, 0) is 11.2 Å². The van der Waals surface area contributed by atoms with Crippen LogP contribution >= 0.6 is 0 Å². The van der Waals surface area contributed by atoms with Gasteiger partial charge in [0.05, 0.1) is 0 Å². The van der Waals surface area contributed by atoms with Crippen molar-refractivity contribution in [2.24, 2.45) is 5.73 Å². The molecule has 0 fully saturated rings. The topological polar surface area (TPSA) is 72.2 Å². The summed E-state index contributed by atoms with van der Waals surface area (Å²) in [6.45, 7) is 0. The van der Waals surface area contributed by atoms with Crippen molar-refractivity contribution in [1.29, 1.82) is 0 Å². The number of rotatable bonds is 6. The van der Waals surface area contributed by atoms with Crippen molar-refractivity contribution in [3.05, 3.63) is 95.8 Å². The zero-order valence-corrected chi connectivity index (χ0v) is 14.6. The van der Waals surface area contributed by atoms with E-state index in [1.165, 1.54) is 18.2 Å². The lowest BCUT2D eigenvalue weighted by Gasteiger charge is -2.16. The first-order valence-corrected chi connectivity index (χ1v) is 8.53. The largest absolute Gasteiger partial charge is 0.368 e. The molecule has 0 unspecified atom stereocenters. The predicted molar refractivity (Wildman–Crippen MR) is 102 cm³/mol. The fourth-order valence-corrected chi connectivity index (χ4v) is 2.79. The van der Waals surface area contributed by atoms with E-state index >= 15 is 0 Å². The van der Waals surface area contributed by atoms with E-state index < -0.39 is 23.7 Å². The summed E-state index contributed by atoms with van der Waals surface area (Å²) in [5.74, 6) is -1.71. The van der Waals surface area contributed by atoms with Crippen molar-refractivity contribution in [3.8, 4) is 11.1 Å². The fourth-order valence-electron chi connectivity index (χ4n) is 2.79. The average molecular weight is 362 g/mol. The van der Waals surface area contributed by atoms with Gasteiger partial charge in [0.1, 0.15) is 11.9 Å². The number of carbonyl (C=O) groups is 2. The van der Waals surface area contributed by atoms with Crippen molar-refractivity contribution in [2.45, 2.75) is 12.5 Å². The molecule has 0 aliphatic heterocycles. The number of amides is 2. The van der Waals surface area contributed by atoms with Crippen LogP contribution in [0.1, 0.15) is 15.9 Å². The summed E-state index contributed by atoms with van der Waals surface area (Å²) < 4.78 is 13.3. The molecule has 3 N–H and O–H groups in total. The van der Waals surface area contributed by atoms with Crippen LogP contribution in [-0.4, -0.2) is 17.9 Å². The Bertz CT molecular complexity index is 940. The molecule has 27 heavy (non-hydrogen) atoms. The van der Waals surface area contributed by atoms with E-state index in [0.717, 1.165) is 22.8 Å². The molecule has 3 aromatic carbocycles. The van der Waals surface area contributed by atoms with E-state index in [1.54, 1.807) is 0 Å². The van der Waals surface area contributed by atoms with Gasteiger partial charge in [-0.1, -0.05) is 60.7 Å². The number of nitrogens with two attached hydrogens (primary N) is 1. The molecule has 0 aromatic heterocycles. The van der Waals surface area contributed by atoms with E-state index in [1.807, 2.05) is 54.6 Å². The summed E-state index contributed by atoms with van der Waals surface area (Å²) in [6, 6.07) is 22.0. The lowest BCUT2D eigenvalue weighted by Crippen LogP contribution is -2.45.